The van der Waals surface area contributed by atoms with Crippen LogP contribution in [0.1, 0.15) is 32.7 Å². The van der Waals surface area contributed by atoms with Crippen molar-refractivity contribution in [1.82, 2.24) is 0 Å². The minimum Gasteiger partial charge on any atom is -0.183 e. The van der Waals surface area contributed by atoms with Crippen LogP contribution in [0.4, 0.5) is 16.4 Å². The van der Waals surface area contributed by atoms with Gasteiger partial charge in [0.05, 0.1) is 17.9 Å². The summed E-state index contributed by atoms with van der Waals surface area (Å²) in [5.74, 6) is 0. The van der Waals surface area contributed by atoms with E-state index in [-0.39, 0.29) is 0 Å². The lowest BCUT2D eigenvalue weighted by molar-refractivity contribution is 0.965. The van der Waals surface area contributed by atoms with Gasteiger partial charge in [-0.05, 0) is 69.5 Å². The highest BCUT2D eigenvalue weighted by Gasteiger charge is 2.11. The fraction of sp³-hybridized carbons (Fsp3) is 0.273. The molecule has 0 unspecified atom stereocenters. The maximum atomic E-state index is 4.45. The average Bonchev–Trinajstić information content (AvgIpc) is 2.91. The highest BCUT2D eigenvalue weighted by molar-refractivity contribution is 7.16. The van der Waals surface area contributed by atoms with Crippen molar-refractivity contribution in [2.45, 2.75) is 41.2 Å². The summed E-state index contributed by atoms with van der Waals surface area (Å²) in [6.07, 6.45) is 0. The Bertz CT molecular complexity index is 998. The molecular formula is C22H24N4S. The van der Waals surface area contributed by atoms with Crippen LogP contribution in [0, 0.1) is 34.6 Å². The molecule has 0 saturated heterocycles. The van der Waals surface area contributed by atoms with E-state index < -0.39 is 0 Å². The maximum absolute atomic E-state index is 4.45. The second kappa shape index (κ2) is 8.35. The molecule has 0 bridgehead atoms. The monoisotopic (exact) mass is 376 g/mol. The van der Waals surface area contributed by atoms with Gasteiger partial charge in [0.2, 0.25) is 0 Å². The van der Waals surface area contributed by atoms with Gasteiger partial charge < -0.3 is 0 Å². The molecule has 4 nitrogen and oxygen atoms in total. The Balaban J connectivity index is 1.74. The van der Waals surface area contributed by atoms with E-state index in [9.17, 15) is 0 Å². The summed E-state index contributed by atoms with van der Waals surface area (Å²) in [6.45, 7) is 11.0. The normalized spacial score (nSPS) is 11.7. The Labute approximate surface area is 164 Å². The third kappa shape index (κ3) is 4.74. The minimum absolute atomic E-state index is 0.560. The molecule has 138 valence electrons. The summed E-state index contributed by atoms with van der Waals surface area (Å²) < 4.78 is 0. The first-order valence-corrected chi connectivity index (χ1v) is 9.77. The number of thiophene rings is 1. The van der Waals surface area contributed by atoms with E-state index in [2.05, 4.69) is 67.2 Å². The Kier molecular flexibility index (Phi) is 5.91. The topological polar surface area (TPSA) is 49.4 Å². The molecule has 0 fully saturated rings. The highest BCUT2D eigenvalue weighted by Crippen LogP contribution is 2.36. The van der Waals surface area contributed by atoms with Crippen molar-refractivity contribution in [2.75, 3.05) is 0 Å². The number of rotatable bonds is 5. The van der Waals surface area contributed by atoms with Crippen LogP contribution in [-0.2, 0) is 6.54 Å². The summed E-state index contributed by atoms with van der Waals surface area (Å²) in [4.78, 5) is 1.18. The zero-order valence-corrected chi connectivity index (χ0v) is 17.3. The van der Waals surface area contributed by atoms with E-state index >= 15 is 0 Å². The van der Waals surface area contributed by atoms with Gasteiger partial charge in [0.15, 0.2) is 0 Å². The van der Waals surface area contributed by atoms with Crippen molar-refractivity contribution in [3.05, 3.63) is 75.2 Å². The van der Waals surface area contributed by atoms with Gasteiger partial charge in [-0.25, -0.2) is 0 Å². The van der Waals surface area contributed by atoms with Gasteiger partial charge in [0.25, 0.3) is 0 Å². The van der Waals surface area contributed by atoms with Gasteiger partial charge in [-0.3, -0.25) is 0 Å². The molecule has 0 amide bonds. The van der Waals surface area contributed by atoms with Crippen LogP contribution in [0.25, 0.3) is 0 Å². The molecule has 3 rings (SSSR count). The number of aryl methyl sites for hydroxylation is 3. The van der Waals surface area contributed by atoms with Gasteiger partial charge in [-0.2, -0.15) is 10.2 Å². The summed E-state index contributed by atoms with van der Waals surface area (Å²) in [5.41, 5.74) is 7.76. The SMILES string of the molecule is Cc1ccc(N=Nc2sc(CN=Nc3ccc(C)cc3C)c(C)c2C)cc1. The Morgan fingerprint density at radius 1 is 0.741 bits per heavy atom. The Hall–Kier alpha value is -2.66. The van der Waals surface area contributed by atoms with Crippen molar-refractivity contribution in [1.29, 1.82) is 0 Å². The molecule has 3 aromatic rings. The molecule has 0 aliphatic heterocycles. The van der Waals surface area contributed by atoms with Crippen LogP contribution >= 0.6 is 11.3 Å². The zero-order chi connectivity index (χ0) is 19.4. The molecule has 0 atom stereocenters. The van der Waals surface area contributed by atoms with Gasteiger partial charge in [-0.1, -0.05) is 35.4 Å². The van der Waals surface area contributed by atoms with Gasteiger partial charge in [0, 0.05) is 4.88 Å². The molecule has 0 aliphatic carbocycles. The van der Waals surface area contributed by atoms with Gasteiger partial charge in [0.1, 0.15) is 5.00 Å². The predicted octanol–water partition coefficient (Wildman–Crippen LogP) is 7.99. The number of benzene rings is 2. The molecule has 0 saturated carbocycles. The van der Waals surface area contributed by atoms with E-state index in [0.717, 1.165) is 27.5 Å². The lowest BCUT2D eigenvalue weighted by atomic mass is 10.1. The highest BCUT2D eigenvalue weighted by atomic mass is 32.1. The van der Waals surface area contributed by atoms with Crippen molar-refractivity contribution in [3.8, 4) is 0 Å². The third-order valence-corrected chi connectivity index (χ3v) is 5.82. The second-order valence-corrected chi connectivity index (χ2v) is 7.89. The summed E-state index contributed by atoms with van der Waals surface area (Å²) in [6, 6.07) is 14.2. The predicted molar refractivity (Wildman–Crippen MR) is 113 cm³/mol. The quantitative estimate of drug-likeness (QED) is 0.405. The fourth-order valence-electron chi connectivity index (χ4n) is 2.69. The molecule has 0 spiro atoms. The molecule has 1 aromatic heterocycles. The molecule has 5 heteroatoms. The number of azo groups is 2. The number of nitrogens with zero attached hydrogens (tertiary/aromatic N) is 4. The van der Waals surface area contributed by atoms with Gasteiger partial charge in [-0.15, -0.1) is 21.6 Å². The van der Waals surface area contributed by atoms with Crippen molar-refractivity contribution < 1.29 is 0 Å². The smallest absolute Gasteiger partial charge is 0.142 e. The van der Waals surface area contributed by atoms with E-state index in [1.165, 1.54) is 21.6 Å². The Morgan fingerprint density at radius 3 is 2.15 bits per heavy atom. The van der Waals surface area contributed by atoms with Gasteiger partial charge >= 0.3 is 0 Å². The molecule has 0 radical (unpaired) electrons. The first-order chi connectivity index (χ1) is 12.9. The lowest BCUT2D eigenvalue weighted by Gasteiger charge is -2.00. The van der Waals surface area contributed by atoms with Crippen LogP contribution in [0.2, 0.25) is 0 Å². The van der Waals surface area contributed by atoms with Crippen LogP contribution < -0.4 is 0 Å². The number of hydrogen-bond donors (Lipinski definition) is 0. The van der Waals surface area contributed by atoms with E-state index in [4.69, 9.17) is 0 Å². The molecule has 2 aromatic carbocycles. The standard InChI is InChI=1S/C22H24N4S/c1-14-6-9-19(10-7-14)24-26-22-18(5)17(4)21(27-22)13-23-25-20-11-8-15(2)12-16(20)3/h6-12H,13H2,1-5H3. The largest absolute Gasteiger partial charge is 0.183 e. The van der Waals surface area contributed by atoms with Crippen LogP contribution in [0.5, 0.6) is 0 Å². The Morgan fingerprint density at radius 2 is 1.44 bits per heavy atom. The first-order valence-electron chi connectivity index (χ1n) is 8.96. The summed E-state index contributed by atoms with van der Waals surface area (Å²) in [7, 11) is 0. The molecular weight excluding hydrogens is 352 g/mol. The van der Waals surface area contributed by atoms with Crippen LogP contribution in [0.15, 0.2) is 62.9 Å². The van der Waals surface area contributed by atoms with Crippen LogP contribution in [0.3, 0.4) is 0 Å². The van der Waals surface area contributed by atoms with Crippen LogP contribution in [-0.4, -0.2) is 0 Å². The zero-order valence-electron chi connectivity index (χ0n) is 16.4. The summed E-state index contributed by atoms with van der Waals surface area (Å²) in [5, 5.41) is 18.6. The molecule has 0 aliphatic rings. The lowest BCUT2D eigenvalue weighted by Crippen LogP contribution is -1.81. The first kappa shape index (κ1) is 19.1. The van der Waals surface area contributed by atoms with E-state index in [1.54, 1.807) is 11.3 Å². The third-order valence-electron chi connectivity index (χ3n) is 4.56. The molecule has 0 N–H and O–H groups in total. The van der Waals surface area contributed by atoms with E-state index in [1.807, 2.05) is 30.3 Å². The van der Waals surface area contributed by atoms with E-state index in [0.29, 0.717) is 6.54 Å². The average molecular weight is 377 g/mol. The molecule has 27 heavy (non-hydrogen) atoms. The van der Waals surface area contributed by atoms with Crippen molar-refractivity contribution in [3.63, 3.8) is 0 Å². The van der Waals surface area contributed by atoms with Crippen molar-refractivity contribution >= 4 is 27.7 Å². The minimum atomic E-state index is 0.560. The fourth-order valence-corrected chi connectivity index (χ4v) is 3.74. The molecule has 1 heterocycles. The maximum Gasteiger partial charge on any atom is 0.142 e. The van der Waals surface area contributed by atoms with Crippen molar-refractivity contribution in [2.24, 2.45) is 20.5 Å². The second-order valence-electron chi connectivity index (χ2n) is 6.81. The summed E-state index contributed by atoms with van der Waals surface area (Å²) >= 11 is 1.64. The number of hydrogen-bond acceptors (Lipinski definition) is 5.